The minimum absolute atomic E-state index is 0.0356. The molecule has 0 bridgehead atoms. The standard InChI is InChI=1S/C13H14N2O2S/c1-14-13-15(2)12(16)11(18-13)8-9-6-4-5-7-10(9)17-3/h4-8H,1-3H3. The van der Waals surface area contributed by atoms with E-state index in [1.807, 2.05) is 30.3 Å². The molecule has 1 amide bonds. The molecule has 0 aromatic heterocycles. The van der Waals surface area contributed by atoms with Crippen LogP contribution in [0.5, 0.6) is 5.75 Å². The molecule has 1 heterocycles. The number of ether oxygens (including phenoxy) is 1. The molecule has 1 aromatic carbocycles. The zero-order valence-corrected chi connectivity index (χ0v) is 11.3. The van der Waals surface area contributed by atoms with Crippen molar-refractivity contribution >= 4 is 28.9 Å². The molecule has 0 atom stereocenters. The van der Waals surface area contributed by atoms with Crippen molar-refractivity contribution in [3.05, 3.63) is 34.7 Å². The van der Waals surface area contributed by atoms with Crippen molar-refractivity contribution in [1.29, 1.82) is 0 Å². The molecule has 4 nitrogen and oxygen atoms in total. The molecule has 0 radical (unpaired) electrons. The van der Waals surface area contributed by atoms with Crippen molar-refractivity contribution in [2.75, 3.05) is 21.2 Å². The Hall–Kier alpha value is -1.75. The van der Waals surface area contributed by atoms with Crippen LogP contribution in [0.1, 0.15) is 5.56 Å². The van der Waals surface area contributed by atoms with Crippen molar-refractivity contribution in [3.63, 3.8) is 0 Å². The number of hydrogen-bond acceptors (Lipinski definition) is 4. The second-order valence-corrected chi connectivity index (χ2v) is 4.73. The Morgan fingerprint density at radius 1 is 1.39 bits per heavy atom. The molecule has 1 saturated heterocycles. The molecule has 1 aliphatic heterocycles. The number of hydrogen-bond donors (Lipinski definition) is 0. The first-order valence-electron chi connectivity index (χ1n) is 5.44. The molecule has 1 aliphatic rings. The number of benzene rings is 1. The third-order valence-electron chi connectivity index (χ3n) is 2.62. The highest BCUT2D eigenvalue weighted by Crippen LogP contribution is 2.32. The molecule has 0 aliphatic carbocycles. The van der Waals surface area contributed by atoms with E-state index in [9.17, 15) is 4.79 Å². The summed E-state index contributed by atoms with van der Waals surface area (Å²) in [4.78, 5) is 18.3. The van der Waals surface area contributed by atoms with Crippen molar-refractivity contribution in [2.45, 2.75) is 0 Å². The van der Waals surface area contributed by atoms with Gasteiger partial charge in [-0.15, -0.1) is 0 Å². The maximum atomic E-state index is 12.0. The van der Waals surface area contributed by atoms with Gasteiger partial charge in [-0.3, -0.25) is 14.7 Å². The van der Waals surface area contributed by atoms with Gasteiger partial charge in [0.1, 0.15) is 5.75 Å². The maximum absolute atomic E-state index is 12.0. The number of amides is 1. The summed E-state index contributed by atoms with van der Waals surface area (Å²) in [5.41, 5.74) is 0.890. The SMILES string of the molecule is CN=C1SC(=Cc2ccccc2OC)C(=O)N1C. The van der Waals surface area contributed by atoms with Crippen molar-refractivity contribution < 1.29 is 9.53 Å². The van der Waals surface area contributed by atoms with Crippen LogP contribution in [0.15, 0.2) is 34.2 Å². The minimum atomic E-state index is -0.0356. The number of nitrogens with zero attached hydrogens (tertiary/aromatic N) is 2. The predicted octanol–water partition coefficient (Wildman–Crippen LogP) is 2.23. The van der Waals surface area contributed by atoms with Gasteiger partial charge in [0.25, 0.3) is 5.91 Å². The molecular formula is C13H14N2O2S. The van der Waals surface area contributed by atoms with Crippen molar-refractivity contribution in [2.24, 2.45) is 4.99 Å². The predicted molar refractivity (Wildman–Crippen MR) is 74.7 cm³/mol. The molecule has 0 saturated carbocycles. The first kappa shape index (κ1) is 12.7. The molecule has 5 heteroatoms. The Kier molecular flexibility index (Phi) is 3.72. The zero-order valence-electron chi connectivity index (χ0n) is 10.5. The quantitative estimate of drug-likeness (QED) is 0.767. The van der Waals surface area contributed by atoms with Crippen LogP contribution in [0.4, 0.5) is 0 Å². The van der Waals surface area contributed by atoms with Gasteiger partial charge in [-0.1, -0.05) is 18.2 Å². The van der Waals surface area contributed by atoms with Gasteiger partial charge < -0.3 is 4.74 Å². The normalized spacial score (nSPS) is 19.9. The highest BCUT2D eigenvalue weighted by Gasteiger charge is 2.29. The third kappa shape index (κ3) is 2.26. The van der Waals surface area contributed by atoms with Crippen molar-refractivity contribution in [1.82, 2.24) is 4.90 Å². The first-order valence-corrected chi connectivity index (χ1v) is 6.26. The maximum Gasteiger partial charge on any atom is 0.266 e. The van der Waals surface area contributed by atoms with E-state index in [2.05, 4.69) is 4.99 Å². The second kappa shape index (κ2) is 5.27. The summed E-state index contributed by atoms with van der Waals surface area (Å²) in [6.07, 6.45) is 1.83. The zero-order chi connectivity index (χ0) is 13.1. The highest BCUT2D eigenvalue weighted by molar-refractivity contribution is 8.18. The molecule has 1 aromatic rings. The molecule has 18 heavy (non-hydrogen) atoms. The lowest BCUT2D eigenvalue weighted by Crippen LogP contribution is -2.23. The average molecular weight is 262 g/mol. The Morgan fingerprint density at radius 3 is 2.72 bits per heavy atom. The van der Waals surface area contributed by atoms with Gasteiger partial charge in [-0.25, -0.2) is 0 Å². The smallest absolute Gasteiger partial charge is 0.266 e. The third-order valence-corrected chi connectivity index (χ3v) is 3.77. The molecule has 0 unspecified atom stereocenters. The Bertz CT molecular complexity index is 538. The summed E-state index contributed by atoms with van der Waals surface area (Å²) in [5, 5.41) is 0.709. The summed E-state index contributed by atoms with van der Waals surface area (Å²) < 4.78 is 5.26. The first-order chi connectivity index (χ1) is 8.67. The number of methoxy groups -OCH3 is 1. The molecule has 0 spiro atoms. The second-order valence-electron chi connectivity index (χ2n) is 3.72. The fourth-order valence-electron chi connectivity index (χ4n) is 1.68. The molecule has 2 rings (SSSR count). The highest BCUT2D eigenvalue weighted by atomic mass is 32.2. The number of carbonyl (C=O) groups is 1. The fourth-order valence-corrected chi connectivity index (χ4v) is 2.59. The van der Waals surface area contributed by atoms with Gasteiger partial charge >= 0.3 is 0 Å². The van der Waals surface area contributed by atoms with Crippen LogP contribution in [-0.4, -0.2) is 37.2 Å². The van der Waals surface area contributed by atoms with Crippen LogP contribution < -0.4 is 4.74 Å². The molecule has 0 N–H and O–H groups in total. The lowest BCUT2D eigenvalue weighted by Gasteiger charge is -2.05. The molecular weight excluding hydrogens is 248 g/mol. The summed E-state index contributed by atoms with van der Waals surface area (Å²) in [7, 11) is 5.02. The van der Waals surface area contributed by atoms with Crippen LogP contribution in [0, 0.1) is 0 Å². The number of carbonyl (C=O) groups excluding carboxylic acids is 1. The van der Waals surface area contributed by atoms with Crippen LogP contribution >= 0.6 is 11.8 Å². The van der Waals surface area contributed by atoms with E-state index in [4.69, 9.17) is 4.74 Å². The fraction of sp³-hybridized carbons (Fsp3) is 0.231. The number of amidine groups is 1. The van der Waals surface area contributed by atoms with Gasteiger partial charge in [0.2, 0.25) is 0 Å². The van der Waals surface area contributed by atoms with Crippen LogP contribution in [0.3, 0.4) is 0 Å². The topological polar surface area (TPSA) is 41.9 Å². The van der Waals surface area contributed by atoms with Crippen LogP contribution in [-0.2, 0) is 4.79 Å². The Morgan fingerprint density at radius 2 is 2.11 bits per heavy atom. The minimum Gasteiger partial charge on any atom is -0.496 e. The number of para-hydroxylation sites is 1. The Balaban J connectivity index is 2.38. The largest absolute Gasteiger partial charge is 0.496 e. The number of likely N-dealkylation sites (N-methyl/N-ethyl adjacent to an activating group) is 1. The number of rotatable bonds is 2. The lowest BCUT2D eigenvalue weighted by molar-refractivity contribution is -0.121. The van der Waals surface area contributed by atoms with Crippen LogP contribution in [0.2, 0.25) is 0 Å². The van der Waals surface area contributed by atoms with E-state index in [1.165, 1.54) is 11.8 Å². The van der Waals surface area contributed by atoms with E-state index in [-0.39, 0.29) is 5.91 Å². The van der Waals surface area contributed by atoms with E-state index in [0.717, 1.165) is 11.3 Å². The van der Waals surface area contributed by atoms with Gasteiger partial charge in [0.05, 0.1) is 12.0 Å². The molecule has 94 valence electrons. The number of aliphatic imine (C=N–C) groups is 1. The summed E-state index contributed by atoms with van der Waals surface area (Å²) in [5.74, 6) is 0.717. The number of thioether (sulfide) groups is 1. The monoisotopic (exact) mass is 262 g/mol. The summed E-state index contributed by atoms with van der Waals surface area (Å²) in [6.45, 7) is 0. The summed E-state index contributed by atoms with van der Waals surface area (Å²) in [6, 6.07) is 7.60. The van der Waals surface area contributed by atoms with Gasteiger partial charge in [0.15, 0.2) is 5.17 Å². The van der Waals surface area contributed by atoms with Gasteiger partial charge in [-0.2, -0.15) is 0 Å². The van der Waals surface area contributed by atoms with Gasteiger partial charge in [-0.05, 0) is 23.9 Å². The Labute approximate surface area is 110 Å². The van der Waals surface area contributed by atoms with E-state index < -0.39 is 0 Å². The van der Waals surface area contributed by atoms with E-state index >= 15 is 0 Å². The van der Waals surface area contributed by atoms with Crippen LogP contribution in [0.25, 0.3) is 6.08 Å². The van der Waals surface area contributed by atoms with Crippen molar-refractivity contribution in [3.8, 4) is 5.75 Å². The van der Waals surface area contributed by atoms with E-state index in [0.29, 0.717) is 10.1 Å². The lowest BCUT2D eigenvalue weighted by atomic mass is 10.2. The van der Waals surface area contributed by atoms with Gasteiger partial charge in [0, 0.05) is 19.7 Å². The summed E-state index contributed by atoms with van der Waals surface area (Å²) >= 11 is 1.37. The average Bonchev–Trinajstić information content (AvgIpc) is 2.67. The molecule has 1 fully saturated rings. The van der Waals surface area contributed by atoms with E-state index in [1.54, 1.807) is 26.1 Å².